The zero-order chi connectivity index (χ0) is 22.8. The first-order valence-corrected chi connectivity index (χ1v) is 10.7. The molecular formula is C22H34N4O5. The summed E-state index contributed by atoms with van der Waals surface area (Å²) in [6, 6.07) is 0. The second kappa shape index (κ2) is 12.3. The van der Waals surface area contributed by atoms with Gasteiger partial charge in [0.1, 0.15) is 6.10 Å². The van der Waals surface area contributed by atoms with Gasteiger partial charge in [0.25, 0.3) is 0 Å². The monoisotopic (exact) mass is 434 g/mol. The average molecular weight is 435 g/mol. The molecule has 172 valence electrons. The number of hydrogen-bond acceptors (Lipinski definition) is 8. The number of rotatable bonds is 11. The van der Waals surface area contributed by atoms with Crippen LogP contribution in [0, 0.1) is 5.92 Å². The number of aliphatic hydroxyl groups excluding tert-OH is 1. The number of nitrogens with zero attached hydrogens (tertiary/aromatic N) is 1. The molecule has 0 spiro atoms. The number of oxime groups is 1. The van der Waals surface area contributed by atoms with E-state index in [-0.39, 0.29) is 31.0 Å². The highest BCUT2D eigenvalue weighted by atomic mass is 16.5. The summed E-state index contributed by atoms with van der Waals surface area (Å²) in [6.07, 6.45) is 6.60. The number of carbonyl (C=O) groups is 2. The third-order valence-corrected chi connectivity index (χ3v) is 5.86. The highest BCUT2D eigenvalue weighted by Gasteiger charge is 2.30. The Kier molecular flexibility index (Phi) is 9.74. The molecule has 2 aliphatic rings. The van der Waals surface area contributed by atoms with Crippen LogP contribution in [0.5, 0.6) is 0 Å². The Morgan fingerprint density at radius 2 is 2.06 bits per heavy atom. The number of nitrogens with two attached hydrogens (primary N) is 2. The lowest BCUT2D eigenvalue weighted by atomic mass is 9.83. The Balaban J connectivity index is 2.10. The number of primary amides is 1. The highest BCUT2D eigenvalue weighted by molar-refractivity contribution is 6.02. The van der Waals surface area contributed by atoms with Crippen LogP contribution in [0.25, 0.3) is 0 Å². The molecule has 31 heavy (non-hydrogen) atoms. The van der Waals surface area contributed by atoms with E-state index in [1.807, 2.05) is 6.08 Å². The number of ether oxygens (including phenoxy) is 1. The van der Waals surface area contributed by atoms with Gasteiger partial charge in [-0.2, -0.15) is 0 Å². The van der Waals surface area contributed by atoms with Crippen molar-refractivity contribution in [1.82, 2.24) is 5.43 Å². The van der Waals surface area contributed by atoms with Crippen LogP contribution in [0.3, 0.4) is 0 Å². The number of carbonyl (C=O) groups excluding carboxylic acids is 2. The lowest BCUT2D eigenvalue weighted by Crippen LogP contribution is -2.31. The van der Waals surface area contributed by atoms with Crippen LogP contribution in [-0.2, 0) is 14.3 Å². The van der Waals surface area contributed by atoms with Crippen LogP contribution in [0.1, 0.15) is 64.2 Å². The van der Waals surface area contributed by atoms with Gasteiger partial charge in [0.2, 0.25) is 5.91 Å². The number of amides is 1. The molecule has 2 rings (SSSR count). The highest BCUT2D eigenvalue weighted by Crippen LogP contribution is 2.33. The van der Waals surface area contributed by atoms with Gasteiger partial charge in [0, 0.05) is 31.6 Å². The molecule has 7 N–H and O–H groups in total. The summed E-state index contributed by atoms with van der Waals surface area (Å²) < 4.78 is 5.81. The van der Waals surface area contributed by atoms with Gasteiger partial charge in [-0.05, 0) is 50.5 Å². The minimum atomic E-state index is -0.399. The summed E-state index contributed by atoms with van der Waals surface area (Å²) in [5.74, 6) is 4.59. The molecule has 9 nitrogen and oxygen atoms in total. The molecule has 0 heterocycles. The Labute approximate surface area is 182 Å². The van der Waals surface area contributed by atoms with Gasteiger partial charge in [-0.25, -0.2) is 0 Å². The Hall–Kier alpha value is -2.65. The number of esters is 1. The van der Waals surface area contributed by atoms with Crippen LogP contribution < -0.4 is 17.0 Å². The van der Waals surface area contributed by atoms with Crippen molar-refractivity contribution >= 4 is 17.6 Å². The van der Waals surface area contributed by atoms with Gasteiger partial charge in [-0.15, -0.1) is 0 Å². The zero-order valence-electron chi connectivity index (χ0n) is 17.9. The van der Waals surface area contributed by atoms with Gasteiger partial charge in [0.05, 0.1) is 11.6 Å². The van der Waals surface area contributed by atoms with E-state index in [0.717, 1.165) is 22.4 Å². The fraction of sp³-hybridized carbons (Fsp3) is 0.591. The topological polar surface area (TPSA) is 160 Å². The van der Waals surface area contributed by atoms with E-state index in [9.17, 15) is 14.8 Å². The third-order valence-electron chi connectivity index (χ3n) is 5.86. The van der Waals surface area contributed by atoms with E-state index >= 15 is 0 Å². The summed E-state index contributed by atoms with van der Waals surface area (Å²) in [5.41, 5.74) is 11.8. The first-order valence-electron chi connectivity index (χ1n) is 10.7. The quantitative estimate of drug-likeness (QED) is 0.0829. The van der Waals surface area contributed by atoms with Crippen LogP contribution >= 0.6 is 0 Å². The molecule has 2 aliphatic carbocycles. The van der Waals surface area contributed by atoms with Gasteiger partial charge in [-0.1, -0.05) is 29.0 Å². The van der Waals surface area contributed by atoms with Crippen molar-refractivity contribution in [2.24, 2.45) is 22.6 Å². The van der Waals surface area contributed by atoms with Gasteiger partial charge in [-0.3, -0.25) is 15.4 Å². The molecule has 0 saturated heterocycles. The normalized spacial score (nSPS) is 22.0. The third kappa shape index (κ3) is 7.52. The molecule has 0 aliphatic heterocycles. The molecule has 1 amide bonds. The molecule has 0 aromatic heterocycles. The first kappa shape index (κ1) is 24.6. The number of allylic oxidation sites excluding steroid dienone is 3. The van der Waals surface area contributed by atoms with Gasteiger partial charge < -0.3 is 26.2 Å². The molecule has 0 aromatic rings. The maximum Gasteiger partial charge on any atom is 0.309 e. The van der Waals surface area contributed by atoms with E-state index < -0.39 is 5.91 Å². The Morgan fingerprint density at radius 1 is 1.29 bits per heavy atom. The Morgan fingerprint density at radius 3 is 2.65 bits per heavy atom. The molecule has 0 unspecified atom stereocenters. The molecule has 0 fully saturated rings. The van der Waals surface area contributed by atoms with E-state index in [1.165, 1.54) is 0 Å². The fourth-order valence-electron chi connectivity index (χ4n) is 4.06. The van der Waals surface area contributed by atoms with Crippen molar-refractivity contribution in [3.63, 3.8) is 0 Å². The van der Waals surface area contributed by atoms with E-state index in [4.69, 9.17) is 21.4 Å². The summed E-state index contributed by atoms with van der Waals surface area (Å²) >= 11 is 0. The van der Waals surface area contributed by atoms with Crippen molar-refractivity contribution < 1.29 is 24.6 Å². The number of aliphatic hydroxyl groups is 1. The lowest BCUT2D eigenvalue weighted by molar-refractivity contribution is -0.154. The molecule has 0 aromatic carbocycles. The van der Waals surface area contributed by atoms with E-state index in [2.05, 4.69) is 17.2 Å². The Bertz CT molecular complexity index is 772. The minimum absolute atomic E-state index is 0.0391. The summed E-state index contributed by atoms with van der Waals surface area (Å²) in [4.78, 5) is 23.9. The maximum absolute atomic E-state index is 12.7. The largest absolute Gasteiger partial charge is 0.462 e. The predicted molar refractivity (Wildman–Crippen MR) is 117 cm³/mol. The van der Waals surface area contributed by atoms with Gasteiger partial charge >= 0.3 is 5.97 Å². The molecule has 0 radical (unpaired) electrons. The lowest BCUT2D eigenvalue weighted by Gasteiger charge is -2.30. The van der Waals surface area contributed by atoms with Crippen molar-refractivity contribution in [2.75, 3.05) is 6.61 Å². The SMILES string of the molecule is C=C(CCO)C/C(=N\O)C1=C(CCC(N)=O)CC[C@H](OC(=O)[C@@H]2CC=C(NN)CC2)C1. The molecular weight excluding hydrogens is 400 g/mol. The molecule has 0 saturated carbocycles. The smallest absolute Gasteiger partial charge is 0.309 e. The molecule has 0 bridgehead atoms. The van der Waals surface area contributed by atoms with Crippen LogP contribution in [0.15, 0.2) is 40.2 Å². The maximum atomic E-state index is 12.7. The minimum Gasteiger partial charge on any atom is -0.462 e. The number of hydrogen-bond donors (Lipinski definition) is 5. The van der Waals surface area contributed by atoms with Crippen molar-refractivity contribution in [3.05, 3.63) is 35.1 Å². The summed E-state index contributed by atoms with van der Waals surface area (Å²) in [7, 11) is 0. The first-order chi connectivity index (χ1) is 14.9. The van der Waals surface area contributed by atoms with Crippen molar-refractivity contribution in [1.29, 1.82) is 0 Å². The van der Waals surface area contributed by atoms with E-state index in [1.54, 1.807) is 0 Å². The molecule has 2 atom stereocenters. The molecule has 9 heteroatoms. The van der Waals surface area contributed by atoms with Crippen LogP contribution in [0.4, 0.5) is 0 Å². The van der Waals surface area contributed by atoms with Crippen LogP contribution in [0.2, 0.25) is 0 Å². The summed E-state index contributed by atoms with van der Waals surface area (Å²) in [5, 5.41) is 22.2. The zero-order valence-corrected chi connectivity index (χ0v) is 17.9. The fourth-order valence-corrected chi connectivity index (χ4v) is 4.06. The number of nitrogens with one attached hydrogen (secondary N) is 1. The standard InChI is InChI=1S/C22H34N4O5/c1-14(10-11-27)12-20(26-30)19-13-18(8-4-15(19)5-9-21(23)28)31-22(29)16-2-6-17(25-24)7-3-16/h6,16,18,25,27,30H,1-5,7-13,24H2,(H2,23,28)/b26-20+/t16-,18+/m1/s1. The second-order valence-electron chi connectivity index (χ2n) is 8.14. The van der Waals surface area contributed by atoms with Crippen molar-refractivity contribution in [3.8, 4) is 0 Å². The summed E-state index contributed by atoms with van der Waals surface area (Å²) in [6.45, 7) is 3.88. The average Bonchev–Trinajstić information content (AvgIpc) is 2.76. The van der Waals surface area contributed by atoms with Crippen LogP contribution in [-0.4, -0.2) is 40.6 Å². The predicted octanol–water partition coefficient (Wildman–Crippen LogP) is 1.95. The van der Waals surface area contributed by atoms with E-state index in [0.29, 0.717) is 63.5 Å². The second-order valence-corrected chi connectivity index (χ2v) is 8.14. The van der Waals surface area contributed by atoms with Gasteiger partial charge in [0.15, 0.2) is 0 Å². The number of hydrazine groups is 1. The van der Waals surface area contributed by atoms with Crippen molar-refractivity contribution in [2.45, 2.75) is 70.3 Å².